The number of rotatable bonds is 22. The van der Waals surface area contributed by atoms with Gasteiger partial charge in [0.15, 0.2) is 5.96 Å². The Labute approximate surface area is 634 Å². The van der Waals surface area contributed by atoms with Gasteiger partial charge >= 0.3 is 0 Å². The van der Waals surface area contributed by atoms with Gasteiger partial charge in [-0.1, -0.05) is 115 Å². The second-order valence-electron chi connectivity index (χ2n) is 27.5. The highest BCUT2D eigenvalue weighted by atomic mass is 32.2. The third-order valence-electron chi connectivity index (χ3n) is 18.3. The van der Waals surface area contributed by atoms with E-state index in [0.29, 0.717) is 44.9 Å². The van der Waals surface area contributed by atoms with Crippen LogP contribution in [-0.4, -0.2) is 208 Å². The summed E-state index contributed by atoms with van der Waals surface area (Å²) in [5, 5.41) is 43.0. The Bertz CT molecular complexity index is 4030. The van der Waals surface area contributed by atoms with Crippen LogP contribution in [0.15, 0.2) is 96.2 Å². The Morgan fingerprint density at radius 1 is 0.495 bits per heavy atom. The van der Waals surface area contributed by atoms with Crippen LogP contribution in [0.3, 0.4) is 0 Å². The number of benzene rings is 3. The van der Waals surface area contributed by atoms with E-state index in [-0.39, 0.29) is 76.2 Å². The maximum absolute atomic E-state index is 15.1. The standard InChI is InChI=1S/C73H104N20O15S/c1-7-40(6)61-72(108)89-54(35-94)63(99)82-34-57(96)83-48(24-15-16-26-74)64(100)88-53(31-56(75)95)66(102)87-52(30-43-33-81-47-23-14-12-21-45(43)47)69(105)91-59(38(2)3)70(106)85-49(25-17-27-79-73(77)78)65(101)86-51(29-42-32-80-46-22-13-11-20-44(42)46)68(104)92-60(39(4)5)71(107)90-55(62(76)98)36-109-37-58(97)84-50(67(103)93-61)28-41-18-9-8-10-19-41/h8-14,18-23,32-33,38-40,48-55,59-61,80-81,94H,7,15-17,24-31,34-37,74H2,1-6H3,(H2,75,95)(H2,76,98)(H,82,99)(H,83,96)(H,84,97)(H,85,106)(H,86,101)(H,87,102)(H,88,100)(H,89,108)(H,90,107)(H,91,105)(H,92,104)(H,93,103)(H4,77,78,79)/t40-,48-,49-,50-,51-,52-,53-,54-,55-,59-,60-,61-/m0/s1. The van der Waals surface area contributed by atoms with Crippen molar-refractivity contribution in [2.24, 2.45) is 51.4 Å². The number of aliphatic hydroxyl groups is 1. The average Bonchev–Trinajstić information content (AvgIpc) is 1.71. The zero-order valence-electron chi connectivity index (χ0n) is 62.0. The van der Waals surface area contributed by atoms with Crippen LogP contribution >= 0.6 is 11.8 Å². The highest BCUT2D eigenvalue weighted by Gasteiger charge is 2.39. The van der Waals surface area contributed by atoms with Crippen LogP contribution in [0.1, 0.15) is 103 Å². The SMILES string of the molecule is CC[C@H](C)[C@@H]1NC(=O)[C@H](Cc2ccccc2)NC(=O)CSC[C@@H](C(N)=O)NC(=O)[C@H](C(C)C)NC(=O)[C@H](Cc2c[nH]c3ccccc23)NC(=O)[C@H](CCCN=C(N)N)NC(=O)[C@H](C(C)C)NC(=O)[C@H](Cc2c[nH]c3ccccc23)NC(=O)[C@H](CC(N)=O)NC(=O)[C@H](CCCCN)NC(=O)CNC(=O)[C@H](CO)NC1=O. The van der Waals surface area contributed by atoms with E-state index in [4.69, 9.17) is 28.7 Å². The number of aromatic amines is 2. The molecular weight excluding hydrogens is 1430 g/mol. The van der Waals surface area contributed by atoms with Crippen LogP contribution in [0.25, 0.3) is 21.8 Å². The molecule has 2 aromatic heterocycles. The number of hydrogen-bond acceptors (Lipinski definition) is 18. The molecule has 12 atom stereocenters. The molecule has 36 heteroatoms. The zero-order chi connectivity index (χ0) is 80.0. The number of carbonyl (C=O) groups excluding carboxylic acids is 14. The molecule has 6 rings (SSSR count). The summed E-state index contributed by atoms with van der Waals surface area (Å²) in [5.41, 5.74) is 31.6. The van der Waals surface area contributed by atoms with Gasteiger partial charge in [-0.3, -0.25) is 72.1 Å². The molecule has 0 saturated carbocycles. The van der Waals surface area contributed by atoms with Gasteiger partial charge in [0.05, 0.1) is 25.3 Å². The third kappa shape index (κ3) is 26.9. The van der Waals surface area contributed by atoms with Crippen molar-refractivity contribution in [2.45, 2.75) is 172 Å². The summed E-state index contributed by atoms with van der Waals surface area (Å²) < 4.78 is 0. The molecule has 109 heavy (non-hydrogen) atoms. The van der Waals surface area contributed by atoms with Crippen LogP contribution in [0.5, 0.6) is 0 Å². The molecule has 3 aromatic carbocycles. The van der Waals surface area contributed by atoms with E-state index in [1.165, 1.54) is 0 Å². The lowest BCUT2D eigenvalue weighted by molar-refractivity contribution is -0.137. The topological polar surface area (TPSA) is 578 Å². The first-order chi connectivity index (χ1) is 51.9. The summed E-state index contributed by atoms with van der Waals surface area (Å²) in [7, 11) is 0. The number of unbranched alkanes of at least 4 members (excludes halogenated alkanes) is 1. The number of aliphatic imine (C=N–C) groups is 1. The minimum Gasteiger partial charge on any atom is -0.394 e. The molecule has 25 N–H and O–H groups in total. The molecule has 0 unspecified atom stereocenters. The molecule has 0 radical (unpaired) electrons. The number of thioether (sulfide) groups is 1. The molecule has 0 bridgehead atoms. The lowest BCUT2D eigenvalue weighted by Gasteiger charge is -2.29. The van der Waals surface area contributed by atoms with Crippen molar-refractivity contribution < 1.29 is 72.2 Å². The van der Waals surface area contributed by atoms with Crippen LogP contribution in [0.4, 0.5) is 0 Å². The number of hydrogen-bond donors (Lipinski definition) is 20. The number of nitrogens with two attached hydrogens (primary N) is 5. The summed E-state index contributed by atoms with van der Waals surface area (Å²) in [6, 6.07) is 5.90. The van der Waals surface area contributed by atoms with Gasteiger partial charge in [0, 0.05) is 65.8 Å². The first-order valence-corrected chi connectivity index (χ1v) is 37.3. The van der Waals surface area contributed by atoms with E-state index in [0.717, 1.165) is 11.8 Å². The molecule has 0 spiro atoms. The lowest BCUT2D eigenvalue weighted by Crippen LogP contribution is -2.62. The fourth-order valence-corrected chi connectivity index (χ4v) is 12.9. The van der Waals surface area contributed by atoms with Gasteiger partial charge in [-0.05, 0) is 85.2 Å². The number of fused-ring (bicyclic) bond motifs is 2. The molecule has 1 aliphatic heterocycles. The molecule has 1 fully saturated rings. The normalized spacial score (nSPS) is 23.4. The highest BCUT2D eigenvalue weighted by molar-refractivity contribution is 8.00. The van der Waals surface area contributed by atoms with E-state index in [2.05, 4.69) is 78.8 Å². The molecule has 14 amide bonds. The van der Waals surface area contributed by atoms with Crippen LogP contribution in [0, 0.1) is 17.8 Å². The van der Waals surface area contributed by atoms with Gasteiger partial charge in [-0.25, -0.2) is 0 Å². The Kier molecular flexibility index (Phi) is 34.2. The van der Waals surface area contributed by atoms with Crippen molar-refractivity contribution >= 4 is 122 Å². The fraction of sp³-hybridized carbons (Fsp3) is 0.493. The molecule has 592 valence electrons. The van der Waals surface area contributed by atoms with Gasteiger partial charge in [-0.15, -0.1) is 11.8 Å². The molecule has 5 aromatic rings. The minimum absolute atomic E-state index is 0.0358. The number of nitrogens with one attached hydrogen (secondary N) is 14. The number of nitrogens with zero attached hydrogens (tertiary/aromatic N) is 1. The summed E-state index contributed by atoms with van der Waals surface area (Å²) in [5.74, 6) is -16.5. The number of aliphatic hydroxyl groups excluding tert-OH is 1. The van der Waals surface area contributed by atoms with Crippen LogP contribution in [-0.2, 0) is 86.4 Å². The van der Waals surface area contributed by atoms with E-state index in [1.54, 1.807) is 133 Å². The predicted octanol–water partition coefficient (Wildman–Crippen LogP) is -3.23. The zero-order valence-corrected chi connectivity index (χ0v) is 62.8. The molecule has 3 heterocycles. The summed E-state index contributed by atoms with van der Waals surface area (Å²) >= 11 is 0.860. The van der Waals surface area contributed by atoms with Gasteiger partial charge < -0.3 is 108 Å². The Hall–Kier alpha value is -11.1. The van der Waals surface area contributed by atoms with Crippen molar-refractivity contribution in [3.05, 3.63) is 108 Å². The number of primary amides is 2. The summed E-state index contributed by atoms with van der Waals surface area (Å²) in [6.07, 6.45) is 2.43. The number of carbonyl (C=O) groups is 14. The second kappa shape index (κ2) is 43.0. The van der Waals surface area contributed by atoms with Crippen molar-refractivity contribution in [1.82, 2.24) is 73.8 Å². The van der Waals surface area contributed by atoms with Crippen molar-refractivity contribution in [2.75, 3.05) is 37.7 Å². The monoisotopic (exact) mass is 1530 g/mol. The first-order valence-electron chi connectivity index (χ1n) is 36.2. The Morgan fingerprint density at radius 3 is 1.46 bits per heavy atom. The molecule has 0 aliphatic carbocycles. The summed E-state index contributed by atoms with van der Waals surface area (Å²) in [4.78, 5) is 210. The minimum atomic E-state index is -1.83. The van der Waals surface area contributed by atoms with Crippen molar-refractivity contribution in [1.29, 1.82) is 0 Å². The van der Waals surface area contributed by atoms with E-state index < -0.39 is 192 Å². The number of guanidine groups is 1. The number of aromatic nitrogens is 2. The van der Waals surface area contributed by atoms with Crippen molar-refractivity contribution in [3.63, 3.8) is 0 Å². The predicted molar refractivity (Wildman–Crippen MR) is 408 cm³/mol. The smallest absolute Gasteiger partial charge is 0.245 e. The number of H-pyrrole nitrogens is 2. The Morgan fingerprint density at radius 2 is 0.945 bits per heavy atom. The van der Waals surface area contributed by atoms with Gasteiger partial charge in [0.25, 0.3) is 0 Å². The quantitative estimate of drug-likeness (QED) is 0.0184. The molecular formula is C73H104N20O15S. The largest absolute Gasteiger partial charge is 0.394 e. The average molecular weight is 1530 g/mol. The third-order valence-corrected chi connectivity index (χ3v) is 19.4. The summed E-state index contributed by atoms with van der Waals surface area (Å²) in [6.45, 7) is 8.02. The van der Waals surface area contributed by atoms with Gasteiger partial charge in [0.2, 0.25) is 82.7 Å². The van der Waals surface area contributed by atoms with E-state index >= 15 is 9.59 Å². The van der Waals surface area contributed by atoms with Gasteiger partial charge in [-0.2, -0.15) is 0 Å². The first kappa shape index (κ1) is 86.8. The highest BCUT2D eigenvalue weighted by Crippen LogP contribution is 2.23. The fourth-order valence-electron chi connectivity index (χ4n) is 12.0. The molecule has 1 saturated heterocycles. The second-order valence-corrected chi connectivity index (χ2v) is 28.5. The van der Waals surface area contributed by atoms with E-state index in [9.17, 15) is 62.6 Å². The van der Waals surface area contributed by atoms with E-state index in [1.807, 2.05) is 0 Å². The van der Waals surface area contributed by atoms with Crippen LogP contribution in [0.2, 0.25) is 0 Å². The number of para-hydroxylation sites is 2. The number of amides is 14. The van der Waals surface area contributed by atoms with Gasteiger partial charge in [0.1, 0.15) is 66.5 Å². The Balaban J connectivity index is 1.41. The van der Waals surface area contributed by atoms with Crippen molar-refractivity contribution in [3.8, 4) is 0 Å². The maximum Gasteiger partial charge on any atom is 0.245 e. The molecule has 1 aliphatic rings. The lowest BCUT2D eigenvalue weighted by atomic mass is 9.96. The maximum atomic E-state index is 15.1. The molecule has 35 nitrogen and oxygen atoms in total. The van der Waals surface area contributed by atoms with Crippen LogP contribution < -0.4 is 92.5 Å².